The van der Waals surface area contributed by atoms with Crippen LogP contribution in [0.5, 0.6) is 0 Å². The topological polar surface area (TPSA) is 13.1 Å². The molecule has 0 N–H and O–H groups in total. The van der Waals surface area contributed by atoms with E-state index in [1.165, 1.54) is 38.6 Å². The molecule has 2 aliphatic carbocycles. The maximum Gasteiger partial charge on any atom is 0.136 e. The van der Waals surface area contributed by atoms with Crippen molar-refractivity contribution in [1.29, 1.82) is 0 Å². The van der Waals surface area contributed by atoms with Crippen LogP contribution in [0.25, 0.3) is 27.5 Å². The Bertz CT molecular complexity index is 1330. The number of allylic oxidation sites excluding steroid dienone is 6. The first-order chi connectivity index (χ1) is 14.6. The highest BCUT2D eigenvalue weighted by Crippen LogP contribution is 2.51. The van der Waals surface area contributed by atoms with Crippen LogP contribution in [0.1, 0.15) is 37.0 Å². The van der Waals surface area contributed by atoms with Gasteiger partial charge in [-0.2, -0.15) is 0 Å². The number of fused-ring (bicyclic) bond motifs is 6. The fraction of sp³-hybridized carbons (Fsp3) is 0.172. The Morgan fingerprint density at radius 1 is 0.767 bits per heavy atom. The molecule has 4 aromatic rings. The fourth-order valence-corrected chi connectivity index (χ4v) is 4.69. The van der Waals surface area contributed by atoms with Crippen LogP contribution in [-0.2, 0) is 5.41 Å². The third-order valence-corrected chi connectivity index (χ3v) is 6.23. The van der Waals surface area contributed by atoms with Crippen molar-refractivity contribution in [2.75, 3.05) is 0 Å². The number of furan rings is 1. The Kier molecular flexibility index (Phi) is 4.47. The molecule has 0 bridgehead atoms. The minimum atomic E-state index is 0.0302. The largest absolute Gasteiger partial charge is 0.456 e. The van der Waals surface area contributed by atoms with Crippen molar-refractivity contribution in [2.45, 2.75) is 32.6 Å². The lowest BCUT2D eigenvalue weighted by atomic mass is 9.80. The molecule has 0 fully saturated rings. The number of rotatable bonds is 0. The summed E-state index contributed by atoms with van der Waals surface area (Å²) >= 11 is 0. The van der Waals surface area contributed by atoms with E-state index in [4.69, 9.17) is 4.42 Å². The van der Waals surface area contributed by atoms with Gasteiger partial charge in [-0.25, -0.2) is 0 Å². The summed E-state index contributed by atoms with van der Waals surface area (Å²) in [5, 5.41) is 2.47. The minimum absolute atomic E-state index is 0.0302. The van der Waals surface area contributed by atoms with Crippen molar-refractivity contribution < 1.29 is 4.42 Å². The second-order valence-corrected chi connectivity index (χ2v) is 8.61. The third-order valence-electron chi connectivity index (χ3n) is 6.23. The molecule has 1 aromatic heterocycles. The van der Waals surface area contributed by atoms with E-state index in [0.29, 0.717) is 0 Å². The van der Waals surface area contributed by atoms with Gasteiger partial charge in [0.25, 0.3) is 0 Å². The van der Waals surface area contributed by atoms with Gasteiger partial charge in [0.1, 0.15) is 11.2 Å². The fourth-order valence-electron chi connectivity index (χ4n) is 4.69. The Morgan fingerprint density at radius 3 is 2.27 bits per heavy atom. The van der Waals surface area contributed by atoms with Crippen LogP contribution in [0.4, 0.5) is 0 Å². The molecule has 0 aliphatic heterocycles. The van der Waals surface area contributed by atoms with Crippen LogP contribution in [0, 0.1) is 6.92 Å². The first-order valence-electron chi connectivity index (χ1n) is 10.6. The highest BCUT2D eigenvalue weighted by molar-refractivity contribution is 6.13. The highest BCUT2D eigenvalue weighted by atomic mass is 16.3. The molecule has 3 aromatic carbocycles. The molecule has 2 aliphatic rings. The van der Waals surface area contributed by atoms with E-state index in [0.717, 1.165) is 17.6 Å². The van der Waals surface area contributed by atoms with Crippen LogP contribution in [-0.4, -0.2) is 0 Å². The van der Waals surface area contributed by atoms with E-state index in [1.807, 2.05) is 24.3 Å². The second kappa shape index (κ2) is 7.18. The standard InChI is InChI=1S/C22H18O.C7H8/c1-22(2)16-10-5-3-4-8-14(16)20-17(22)12-13-19-21(20)15-9-6-7-11-18(15)23-19;1-7-5-3-2-4-6-7/h4-13H,3H2,1-2H3;2-6H,1H3. The molecule has 1 nitrogen and oxygen atoms in total. The van der Waals surface area contributed by atoms with E-state index >= 15 is 0 Å². The maximum absolute atomic E-state index is 6.09. The van der Waals surface area contributed by atoms with Gasteiger partial charge in [-0.3, -0.25) is 0 Å². The van der Waals surface area contributed by atoms with Gasteiger partial charge >= 0.3 is 0 Å². The lowest BCUT2D eigenvalue weighted by Crippen LogP contribution is -2.16. The summed E-state index contributed by atoms with van der Waals surface area (Å²) < 4.78 is 6.09. The molecule has 0 saturated heterocycles. The predicted octanol–water partition coefficient (Wildman–Crippen LogP) is 8.14. The third kappa shape index (κ3) is 2.93. The van der Waals surface area contributed by atoms with Gasteiger partial charge in [-0.15, -0.1) is 0 Å². The first-order valence-corrected chi connectivity index (χ1v) is 10.6. The summed E-state index contributed by atoms with van der Waals surface area (Å²) in [5.41, 5.74) is 8.83. The number of aryl methyl sites for hydroxylation is 1. The molecule has 148 valence electrons. The average molecular weight is 391 g/mol. The van der Waals surface area contributed by atoms with E-state index in [1.54, 1.807) is 0 Å². The molecule has 0 saturated carbocycles. The summed E-state index contributed by atoms with van der Waals surface area (Å²) in [7, 11) is 0. The number of hydrogen-bond donors (Lipinski definition) is 0. The van der Waals surface area contributed by atoms with Crippen LogP contribution in [0.3, 0.4) is 0 Å². The van der Waals surface area contributed by atoms with E-state index in [2.05, 4.69) is 87.5 Å². The van der Waals surface area contributed by atoms with E-state index in [-0.39, 0.29) is 5.41 Å². The number of para-hydroxylation sites is 1. The quantitative estimate of drug-likeness (QED) is 0.295. The Balaban J connectivity index is 0.000000236. The van der Waals surface area contributed by atoms with Crippen LogP contribution < -0.4 is 0 Å². The monoisotopic (exact) mass is 390 g/mol. The van der Waals surface area contributed by atoms with Gasteiger partial charge in [0.15, 0.2) is 0 Å². The predicted molar refractivity (Wildman–Crippen MR) is 128 cm³/mol. The zero-order valence-corrected chi connectivity index (χ0v) is 17.8. The van der Waals surface area contributed by atoms with Crippen molar-refractivity contribution in [3.05, 3.63) is 113 Å². The lowest BCUT2D eigenvalue weighted by Gasteiger charge is -2.22. The molecular weight excluding hydrogens is 364 g/mol. The molecule has 30 heavy (non-hydrogen) atoms. The smallest absolute Gasteiger partial charge is 0.136 e. The zero-order valence-electron chi connectivity index (χ0n) is 17.8. The van der Waals surface area contributed by atoms with Crippen molar-refractivity contribution >= 4 is 27.5 Å². The molecular formula is C29H26O. The Labute approximate surface area is 178 Å². The molecule has 0 atom stereocenters. The zero-order chi connectivity index (χ0) is 20.7. The van der Waals surface area contributed by atoms with Gasteiger partial charge in [-0.1, -0.05) is 98.3 Å². The van der Waals surface area contributed by atoms with Gasteiger partial charge in [-0.05, 0) is 47.8 Å². The van der Waals surface area contributed by atoms with Crippen molar-refractivity contribution in [1.82, 2.24) is 0 Å². The van der Waals surface area contributed by atoms with Gasteiger partial charge in [0, 0.05) is 16.2 Å². The highest BCUT2D eigenvalue weighted by Gasteiger charge is 2.37. The number of benzene rings is 3. The van der Waals surface area contributed by atoms with E-state index < -0.39 is 0 Å². The molecule has 1 heteroatoms. The SMILES string of the molecule is CC1(C)C2=C(C=CCC=C2)c2c1ccc1oc3ccccc3c21.Cc1ccccc1. The van der Waals surface area contributed by atoms with Gasteiger partial charge in [0.2, 0.25) is 0 Å². The second-order valence-electron chi connectivity index (χ2n) is 8.61. The van der Waals surface area contributed by atoms with Crippen molar-refractivity contribution in [2.24, 2.45) is 0 Å². The van der Waals surface area contributed by atoms with Crippen LogP contribution in [0.2, 0.25) is 0 Å². The van der Waals surface area contributed by atoms with Crippen LogP contribution >= 0.6 is 0 Å². The maximum atomic E-state index is 6.09. The first kappa shape index (κ1) is 18.7. The van der Waals surface area contributed by atoms with Gasteiger partial charge < -0.3 is 4.42 Å². The molecule has 0 radical (unpaired) electrons. The summed E-state index contributed by atoms with van der Waals surface area (Å²) in [5.74, 6) is 0. The van der Waals surface area contributed by atoms with Crippen LogP contribution in [0.15, 0.2) is 101 Å². The average Bonchev–Trinajstić information content (AvgIpc) is 3.07. The van der Waals surface area contributed by atoms with E-state index in [9.17, 15) is 0 Å². The Hall–Kier alpha value is -3.32. The molecule has 0 unspecified atom stereocenters. The minimum Gasteiger partial charge on any atom is -0.456 e. The van der Waals surface area contributed by atoms with Crippen molar-refractivity contribution in [3.8, 4) is 0 Å². The van der Waals surface area contributed by atoms with Crippen molar-refractivity contribution in [3.63, 3.8) is 0 Å². The lowest BCUT2D eigenvalue weighted by molar-refractivity contribution is 0.651. The molecule has 1 heterocycles. The summed E-state index contributed by atoms with van der Waals surface area (Å²) in [4.78, 5) is 0. The molecule has 0 amide bonds. The van der Waals surface area contributed by atoms with Gasteiger partial charge in [0.05, 0.1) is 0 Å². The normalized spacial score (nSPS) is 16.2. The summed E-state index contributed by atoms with van der Waals surface area (Å²) in [6, 6.07) is 23.0. The Morgan fingerprint density at radius 2 is 1.50 bits per heavy atom. The summed E-state index contributed by atoms with van der Waals surface area (Å²) in [6.07, 6.45) is 10.1. The number of hydrogen-bond acceptors (Lipinski definition) is 1. The molecule has 6 rings (SSSR count). The summed E-state index contributed by atoms with van der Waals surface area (Å²) in [6.45, 7) is 6.73. The molecule has 0 spiro atoms.